The second kappa shape index (κ2) is 8.09. The van der Waals surface area contributed by atoms with E-state index in [4.69, 9.17) is 4.74 Å². The van der Waals surface area contributed by atoms with Gasteiger partial charge in [-0.25, -0.2) is 15.0 Å². The average molecular weight is 507 g/mol. The van der Waals surface area contributed by atoms with E-state index >= 15 is 0 Å². The van der Waals surface area contributed by atoms with E-state index in [0.717, 1.165) is 19.2 Å². The van der Waals surface area contributed by atoms with Gasteiger partial charge in [-0.05, 0) is 30.3 Å². The Morgan fingerprint density at radius 3 is 2.06 bits per heavy atom. The number of imidazole rings is 1. The van der Waals surface area contributed by atoms with Crippen LogP contribution >= 0.6 is 0 Å². The number of nitrogens with zero attached hydrogens (tertiary/aromatic N) is 4. The third-order valence-corrected chi connectivity index (χ3v) is 4.72. The van der Waals surface area contributed by atoms with Crippen LogP contribution in [-0.4, -0.2) is 32.0 Å². The first-order chi connectivity index (χ1) is 16.2. The van der Waals surface area contributed by atoms with Crippen molar-refractivity contribution < 1.29 is 44.3 Å². The maximum Gasteiger partial charge on any atom is 0.435 e. The summed E-state index contributed by atoms with van der Waals surface area (Å²) in [5, 5.41) is 0. The minimum absolute atomic E-state index is 0.0932. The Morgan fingerprint density at radius 2 is 1.51 bits per heavy atom. The van der Waals surface area contributed by atoms with E-state index in [9.17, 15) is 39.5 Å². The molecule has 0 bridgehead atoms. The molecule has 0 amide bonds. The lowest BCUT2D eigenvalue weighted by Gasteiger charge is -2.11. The molecule has 3 heterocycles. The molecular weight excluding hydrogens is 497 g/mol. The third-order valence-electron chi connectivity index (χ3n) is 4.72. The molecule has 1 aromatic carbocycles. The van der Waals surface area contributed by atoms with Crippen molar-refractivity contribution in [3.63, 3.8) is 0 Å². The van der Waals surface area contributed by atoms with Gasteiger partial charge < -0.3 is 9.72 Å². The lowest BCUT2D eigenvalue weighted by molar-refractivity contribution is -0.141. The van der Waals surface area contributed by atoms with Crippen LogP contribution in [0, 0.1) is 0 Å². The molecule has 0 spiro atoms. The molecule has 0 saturated carbocycles. The quantitative estimate of drug-likeness (QED) is 0.337. The van der Waals surface area contributed by atoms with Crippen LogP contribution in [0.2, 0.25) is 0 Å². The smallest absolute Gasteiger partial charge is 0.435 e. The fourth-order valence-corrected chi connectivity index (χ4v) is 3.12. The topological polar surface area (TPSA) is 76.6 Å². The number of halogens is 9. The highest BCUT2D eigenvalue weighted by atomic mass is 19.4. The van der Waals surface area contributed by atoms with Crippen molar-refractivity contribution >= 4 is 11.2 Å². The molecule has 0 unspecified atom stereocenters. The third kappa shape index (κ3) is 4.70. The standard InChI is InChI=1S/C20H10F9N5O/c1-35-11-6-9(18(21,22)23)3-4-10(11)16-31-13-14(20(27,28)29)32-15(33-17(13)34-16)8-2-5-12(30-7-8)19(24,25)26/h2-7H,1H3,(H,31,32,33,34). The van der Waals surface area contributed by atoms with Crippen LogP contribution in [0.25, 0.3) is 33.9 Å². The van der Waals surface area contributed by atoms with Crippen molar-refractivity contribution in [3.8, 4) is 28.5 Å². The van der Waals surface area contributed by atoms with Gasteiger partial charge in [-0.2, -0.15) is 39.5 Å². The van der Waals surface area contributed by atoms with E-state index in [1.165, 1.54) is 0 Å². The molecule has 0 fully saturated rings. The highest BCUT2D eigenvalue weighted by molar-refractivity contribution is 5.81. The molecule has 6 nitrogen and oxygen atoms in total. The van der Waals surface area contributed by atoms with Crippen molar-refractivity contribution in [2.45, 2.75) is 18.5 Å². The molecule has 4 rings (SSSR count). The summed E-state index contributed by atoms with van der Waals surface area (Å²) in [6, 6.07) is 3.71. The predicted molar refractivity (Wildman–Crippen MR) is 102 cm³/mol. The Morgan fingerprint density at radius 1 is 0.800 bits per heavy atom. The van der Waals surface area contributed by atoms with Gasteiger partial charge in [0.25, 0.3) is 0 Å². The summed E-state index contributed by atoms with van der Waals surface area (Å²) in [4.78, 5) is 16.8. The number of nitrogens with one attached hydrogen (secondary N) is 1. The molecule has 184 valence electrons. The lowest BCUT2D eigenvalue weighted by Crippen LogP contribution is -2.11. The number of hydrogen-bond donors (Lipinski definition) is 1. The number of ether oxygens (including phenoxy) is 1. The number of aromatic amines is 1. The van der Waals surface area contributed by atoms with Gasteiger partial charge in [0.15, 0.2) is 17.2 Å². The second-order valence-corrected chi connectivity index (χ2v) is 7.02. The largest absolute Gasteiger partial charge is 0.496 e. The van der Waals surface area contributed by atoms with Gasteiger partial charge in [0.1, 0.15) is 22.8 Å². The number of rotatable bonds is 3. The van der Waals surface area contributed by atoms with E-state index in [0.29, 0.717) is 24.4 Å². The first kappa shape index (κ1) is 24.2. The molecule has 1 N–H and O–H groups in total. The second-order valence-electron chi connectivity index (χ2n) is 7.02. The Bertz CT molecular complexity index is 1390. The molecule has 0 radical (unpaired) electrons. The summed E-state index contributed by atoms with van der Waals surface area (Å²) < 4.78 is 123. The molecule has 0 atom stereocenters. The minimum atomic E-state index is -5.04. The number of benzene rings is 1. The number of pyridine rings is 1. The molecule has 0 aliphatic rings. The summed E-state index contributed by atoms with van der Waals surface area (Å²) in [5.74, 6) is -1.23. The van der Waals surface area contributed by atoms with Crippen molar-refractivity contribution in [3.05, 3.63) is 53.5 Å². The van der Waals surface area contributed by atoms with Gasteiger partial charge in [0, 0.05) is 11.8 Å². The highest BCUT2D eigenvalue weighted by Gasteiger charge is 2.38. The van der Waals surface area contributed by atoms with Gasteiger partial charge in [0.05, 0.1) is 18.2 Å². The predicted octanol–water partition coefficient (Wildman–Crippen LogP) is 6.15. The van der Waals surface area contributed by atoms with Crippen molar-refractivity contribution in [1.82, 2.24) is 24.9 Å². The number of fused-ring (bicyclic) bond motifs is 1. The maximum absolute atomic E-state index is 13.7. The van der Waals surface area contributed by atoms with Crippen LogP contribution in [-0.2, 0) is 18.5 Å². The monoisotopic (exact) mass is 507 g/mol. The zero-order valence-electron chi connectivity index (χ0n) is 17.1. The molecule has 3 aromatic heterocycles. The minimum Gasteiger partial charge on any atom is -0.496 e. The van der Waals surface area contributed by atoms with Crippen LogP contribution in [0.3, 0.4) is 0 Å². The number of H-pyrrole nitrogens is 1. The van der Waals surface area contributed by atoms with Crippen LogP contribution < -0.4 is 4.74 Å². The average Bonchev–Trinajstić information content (AvgIpc) is 3.20. The van der Waals surface area contributed by atoms with E-state index in [-0.39, 0.29) is 22.7 Å². The van der Waals surface area contributed by atoms with Gasteiger partial charge in [0.2, 0.25) is 0 Å². The zero-order chi connectivity index (χ0) is 25.8. The highest BCUT2D eigenvalue weighted by Crippen LogP contribution is 2.39. The molecule has 35 heavy (non-hydrogen) atoms. The fourth-order valence-electron chi connectivity index (χ4n) is 3.12. The summed E-state index contributed by atoms with van der Waals surface area (Å²) in [6.07, 6.45) is -13.8. The van der Waals surface area contributed by atoms with Crippen LogP contribution in [0.15, 0.2) is 36.5 Å². The van der Waals surface area contributed by atoms with Crippen molar-refractivity contribution in [2.75, 3.05) is 7.11 Å². The number of alkyl halides is 9. The Hall–Kier alpha value is -3.91. The molecule has 0 aliphatic heterocycles. The SMILES string of the molecule is COc1cc(C(F)(F)F)ccc1-c1nc2nc(-c3ccc(C(F)(F)F)nc3)nc(C(F)(F)F)c2[nH]1. The van der Waals surface area contributed by atoms with E-state index in [1.54, 1.807) is 0 Å². The molecule has 0 saturated heterocycles. The van der Waals surface area contributed by atoms with Crippen LogP contribution in [0.4, 0.5) is 39.5 Å². The van der Waals surface area contributed by atoms with Gasteiger partial charge in [-0.3, -0.25) is 4.98 Å². The number of hydrogen-bond acceptors (Lipinski definition) is 5. The van der Waals surface area contributed by atoms with Crippen molar-refractivity contribution in [1.29, 1.82) is 0 Å². The lowest BCUT2D eigenvalue weighted by atomic mass is 10.1. The van der Waals surface area contributed by atoms with Gasteiger partial charge in [-0.1, -0.05) is 0 Å². The van der Waals surface area contributed by atoms with Crippen LogP contribution in [0.1, 0.15) is 17.0 Å². The number of methoxy groups -OCH3 is 1. The summed E-state index contributed by atoms with van der Waals surface area (Å²) in [6.45, 7) is 0. The summed E-state index contributed by atoms with van der Waals surface area (Å²) >= 11 is 0. The van der Waals surface area contributed by atoms with Crippen LogP contribution in [0.5, 0.6) is 5.75 Å². The fraction of sp³-hybridized carbons (Fsp3) is 0.200. The Balaban J connectivity index is 1.87. The van der Waals surface area contributed by atoms with E-state index in [1.807, 2.05) is 0 Å². The first-order valence-corrected chi connectivity index (χ1v) is 9.32. The summed E-state index contributed by atoms with van der Waals surface area (Å²) in [7, 11) is 1.07. The Labute approximate surface area is 188 Å². The number of aromatic nitrogens is 5. The molecular formula is C20H10F9N5O. The molecule has 0 aliphatic carbocycles. The first-order valence-electron chi connectivity index (χ1n) is 9.32. The zero-order valence-corrected chi connectivity index (χ0v) is 17.1. The Kier molecular flexibility index (Phi) is 5.60. The normalized spacial score (nSPS) is 12.9. The van der Waals surface area contributed by atoms with Gasteiger partial charge in [-0.15, -0.1) is 0 Å². The van der Waals surface area contributed by atoms with E-state index < -0.39 is 52.5 Å². The van der Waals surface area contributed by atoms with E-state index in [2.05, 4.69) is 24.9 Å². The van der Waals surface area contributed by atoms with Crippen molar-refractivity contribution in [2.24, 2.45) is 0 Å². The van der Waals surface area contributed by atoms with Gasteiger partial charge >= 0.3 is 18.5 Å². The summed E-state index contributed by atoms with van der Waals surface area (Å²) in [5.41, 5.74) is -5.36. The molecule has 15 heteroatoms. The maximum atomic E-state index is 13.7. The molecule has 4 aromatic rings.